The standard InChI is InChI=1S/C14H15BrN2O4S/c15-10-3-1-9(2-4-10)11(5-14(20)21)16-12(18)6-17-8-22-7-13(17)19/h1-4,11H,5-8H2,(H,16,18)(H,20,21)/t11-/m1/s1. The van der Waals surface area contributed by atoms with Crippen LogP contribution in [-0.4, -0.2) is 46.0 Å². The van der Waals surface area contributed by atoms with Gasteiger partial charge in [0.2, 0.25) is 11.8 Å². The first-order chi connectivity index (χ1) is 10.5. The molecule has 1 aromatic rings. The zero-order chi connectivity index (χ0) is 16.1. The molecule has 0 spiro atoms. The first kappa shape index (κ1) is 16.8. The summed E-state index contributed by atoms with van der Waals surface area (Å²) in [6.45, 7) is -0.0432. The molecule has 1 fully saturated rings. The van der Waals surface area contributed by atoms with Crippen LogP contribution in [0.25, 0.3) is 0 Å². The number of aliphatic carboxylic acids is 1. The molecule has 1 saturated heterocycles. The van der Waals surface area contributed by atoms with Gasteiger partial charge in [0, 0.05) is 4.47 Å². The highest BCUT2D eigenvalue weighted by Gasteiger charge is 2.25. The van der Waals surface area contributed by atoms with Gasteiger partial charge in [-0.05, 0) is 17.7 Å². The lowest BCUT2D eigenvalue weighted by molar-refractivity contribution is -0.138. The van der Waals surface area contributed by atoms with Gasteiger partial charge < -0.3 is 15.3 Å². The molecule has 1 heterocycles. The Hall–Kier alpha value is -1.54. The minimum atomic E-state index is -0.999. The average molecular weight is 387 g/mol. The zero-order valence-corrected chi connectivity index (χ0v) is 14.0. The van der Waals surface area contributed by atoms with Gasteiger partial charge in [0.25, 0.3) is 0 Å². The average Bonchev–Trinajstić information content (AvgIpc) is 2.84. The number of nitrogens with one attached hydrogen (secondary N) is 1. The first-order valence-electron chi connectivity index (χ1n) is 6.58. The van der Waals surface area contributed by atoms with Crippen LogP contribution in [0.1, 0.15) is 18.0 Å². The van der Waals surface area contributed by atoms with Crippen LogP contribution in [0.5, 0.6) is 0 Å². The summed E-state index contributed by atoms with van der Waals surface area (Å²) in [5.74, 6) is -0.545. The summed E-state index contributed by atoms with van der Waals surface area (Å²) in [4.78, 5) is 36.0. The van der Waals surface area contributed by atoms with Gasteiger partial charge in [-0.15, -0.1) is 11.8 Å². The summed E-state index contributed by atoms with van der Waals surface area (Å²) < 4.78 is 0.872. The minimum Gasteiger partial charge on any atom is -0.481 e. The topological polar surface area (TPSA) is 86.7 Å². The van der Waals surface area contributed by atoms with Crippen molar-refractivity contribution in [1.82, 2.24) is 10.2 Å². The molecule has 1 aromatic carbocycles. The van der Waals surface area contributed by atoms with Crippen LogP contribution in [0, 0.1) is 0 Å². The molecular weight excluding hydrogens is 372 g/mol. The number of nitrogens with zero attached hydrogens (tertiary/aromatic N) is 1. The van der Waals surface area contributed by atoms with E-state index in [9.17, 15) is 14.4 Å². The second-order valence-corrected chi connectivity index (χ2v) is 6.71. The van der Waals surface area contributed by atoms with Crippen molar-refractivity contribution in [3.05, 3.63) is 34.3 Å². The lowest BCUT2D eigenvalue weighted by atomic mass is 10.0. The Labute approximate surface area is 140 Å². The third-order valence-corrected chi connectivity index (χ3v) is 4.62. The van der Waals surface area contributed by atoms with Crippen molar-refractivity contribution in [3.8, 4) is 0 Å². The van der Waals surface area contributed by atoms with E-state index in [-0.39, 0.29) is 24.8 Å². The molecule has 0 radical (unpaired) electrons. The van der Waals surface area contributed by atoms with Gasteiger partial charge in [0.1, 0.15) is 6.54 Å². The number of carboxylic acids is 1. The second-order valence-electron chi connectivity index (χ2n) is 4.84. The number of carbonyl (C=O) groups is 3. The number of carbonyl (C=O) groups excluding carboxylic acids is 2. The van der Waals surface area contributed by atoms with Crippen molar-refractivity contribution in [2.75, 3.05) is 18.2 Å². The van der Waals surface area contributed by atoms with Gasteiger partial charge >= 0.3 is 5.97 Å². The van der Waals surface area contributed by atoms with Gasteiger partial charge in [-0.25, -0.2) is 0 Å². The fraction of sp³-hybridized carbons (Fsp3) is 0.357. The number of thioether (sulfide) groups is 1. The highest BCUT2D eigenvalue weighted by atomic mass is 79.9. The molecule has 0 unspecified atom stereocenters. The Morgan fingerprint density at radius 2 is 2.05 bits per heavy atom. The summed E-state index contributed by atoms with van der Waals surface area (Å²) in [6, 6.07) is 6.47. The molecule has 118 valence electrons. The van der Waals surface area contributed by atoms with E-state index in [1.54, 1.807) is 24.3 Å². The number of carboxylic acid groups (broad SMARTS) is 1. The Morgan fingerprint density at radius 1 is 1.36 bits per heavy atom. The molecule has 1 aliphatic rings. The fourth-order valence-corrected chi connectivity index (χ4v) is 3.24. The van der Waals surface area contributed by atoms with Crippen molar-refractivity contribution < 1.29 is 19.5 Å². The molecule has 0 aromatic heterocycles. The molecule has 1 aliphatic heterocycles. The smallest absolute Gasteiger partial charge is 0.305 e. The maximum atomic E-state index is 12.1. The van der Waals surface area contributed by atoms with Crippen LogP contribution in [0.15, 0.2) is 28.7 Å². The molecular formula is C14H15BrN2O4S. The van der Waals surface area contributed by atoms with Gasteiger partial charge in [0.15, 0.2) is 0 Å². The van der Waals surface area contributed by atoms with Crippen LogP contribution >= 0.6 is 27.7 Å². The predicted molar refractivity (Wildman–Crippen MR) is 86.3 cm³/mol. The summed E-state index contributed by atoms with van der Waals surface area (Å²) >= 11 is 4.77. The Bertz CT molecular complexity index is 579. The Morgan fingerprint density at radius 3 is 2.59 bits per heavy atom. The van der Waals surface area contributed by atoms with E-state index in [1.165, 1.54) is 16.7 Å². The van der Waals surface area contributed by atoms with Crippen molar-refractivity contribution in [2.24, 2.45) is 0 Å². The minimum absolute atomic E-state index is 0.0432. The number of rotatable bonds is 6. The first-order valence-corrected chi connectivity index (χ1v) is 8.52. The SMILES string of the molecule is O=C(O)C[C@@H](NC(=O)CN1CSCC1=O)c1ccc(Br)cc1. The van der Waals surface area contributed by atoms with Crippen LogP contribution in [0.2, 0.25) is 0 Å². The summed E-state index contributed by atoms with van der Waals surface area (Å²) in [7, 11) is 0. The number of hydrogen-bond donors (Lipinski definition) is 2. The van der Waals surface area contributed by atoms with Crippen LogP contribution in [-0.2, 0) is 14.4 Å². The lowest BCUT2D eigenvalue weighted by Gasteiger charge is -2.20. The highest BCUT2D eigenvalue weighted by molar-refractivity contribution is 9.10. The van der Waals surface area contributed by atoms with E-state index in [1.807, 2.05) is 0 Å². The molecule has 2 N–H and O–H groups in total. The molecule has 8 heteroatoms. The number of halogens is 1. The monoisotopic (exact) mass is 386 g/mol. The molecule has 22 heavy (non-hydrogen) atoms. The number of benzene rings is 1. The van der Waals surface area contributed by atoms with Gasteiger partial charge in [-0.1, -0.05) is 28.1 Å². The molecule has 0 bridgehead atoms. The largest absolute Gasteiger partial charge is 0.481 e. The van der Waals surface area contributed by atoms with Crippen LogP contribution in [0.4, 0.5) is 0 Å². The number of amides is 2. The van der Waals surface area contributed by atoms with E-state index in [0.29, 0.717) is 17.2 Å². The fourth-order valence-electron chi connectivity index (χ4n) is 2.08. The zero-order valence-electron chi connectivity index (χ0n) is 11.6. The maximum absolute atomic E-state index is 12.1. The molecule has 0 saturated carbocycles. The predicted octanol–water partition coefficient (Wildman–Crippen LogP) is 1.61. The normalized spacial score (nSPS) is 15.7. The Balaban J connectivity index is 2.02. The highest BCUT2D eigenvalue weighted by Crippen LogP contribution is 2.20. The summed E-state index contributed by atoms with van der Waals surface area (Å²) in [5.41, 5.74) is 0.709. The molecule has 1 atom stereocenters. The third kappa shape index (κ3) is 4.74. The summed E-state index contributed by atoms with van der Waals surface area (Å²) in [6.07, 6.45) is -0.212. The van der Waals surface area contributed by atoms with E-state index in [2.05, 4.69) is 21.2 Å². The molecule has 6 nitrogen and oxygen atoms in total. The number of hydrogen-bond acceptors (Lipinski definition) is 4. The van der Waals surface area contributed by atoms with Crippen molar-refractivity contribution in [2.45, 2.75) is 12.5 Å². The van der Waals surface area contributed by atoms with E-state index >= 15 is 0 Å². The van der Waals surface area contributed by atoms with Gasteiger partial charge in [0.05, 0.1) is 24.1 Å². The molecule has 0 aliphatic carbocycles. The van der Waals surface area contributed by atoms with Crippen molar-refractivity contribution in [3.63, 3.8) is 0 Å². The van der Waals surface area contributed by atoms with Crippen molar-refractivity contribution >= 4 is 45.5 Å². The quantitative estimate of drug-likeness (QED) is 0.775. The second kappa shape index (κ2) is 7.64. The van der Waals surface area contributed by atoms with E-state index < -0.39 is 12.0 Å². The lowest BCUT2D eigenvalue weighted by Crippen LogP contribution is -2.40. The third-order valence-electron chi connectivity index (χ3n) is 3.15. The molecule has 2 amide bonds. The van der Waals surface area contributed by atoms with E-state index in [0.717, 1.165) is 4.47 Å². The maximum Gasteiger partial charge on any atom is 0.305 e. The van der Waals surface area contributed by atoms with Gasteiger partial charge in [-0.3, -0.25) is 14.4 Å². The van der Waals surface area contributed by atoms with E-state index in [4.69, 9.17) is 5.11 Å². The van der Waals surface area contributed by atoms with Crippen LogP contribution < -0.4 is 5.32 Å². The summed E-state index contributed by atoms with van der Waals surface area (Å²) in [5, 5.41) is 11.7. The van der Waals surface area contributed by atoms with Crippen molar-refractivity contribution in [1.29, 1.82) is 0 Å². The molecule has 2 rings (SSSR count). The van der Waals surface area contributed by atoms with Crippen LogP contribution in [0.3, 0.4) is 0 Å². The Kier molecular flexibility index (Phi) is 5.84. The van der Waals surface area contributed by atoms with Gasteiger partial charge in [-0.2, -0.15) is 0 Å².